The van der Waals surface area contributed by atoms with Crippen molar-refractivity contribution in [3.8, 4) is 0 Å². The number of hydrogen-bond acceptors (Lipinski definition) is 10. The van der Waals surface area contributed by atoms with E-state index in [2.05, 4.69) is 4.98 Å². The standard InChI is InChI=1S/C14H22NO4.C12H22N3O4.CO2.2CH3/c1-15(6-8-16,7-9-17)11-12-4-3-5-13(10-12)14(18)19-2;1-3-10-8-12(14(18)19)11(13-10)9-15(2,4-6-16)5-7-17;2-1-3;;/h3-5,10,16-17H,6-9,11H2,1-2H3;8,13,16-17H,3-7,9H2,1-2H3;;2*1H3/q2*+1;;2*-1. The number of rotatable bonds is 15. The number of quaternary nitrogens is 2. The van der Waals surface area contributed by atoms with Gasteiger partial charge in [-0.2, -0.15) is 9.59 Å². The van der Waals surface area contributed by atoms with Gasteiger partial charge in [-0.1, -0.05) is 19.1 Å². The van der Waals surface area contributed by atoms with Crippen molar-refractivity contribution in [3.63, 3.8) is 0 Å². The predicted molar refractivity (Wildman–Crippen MR) is 160 cm³/mol. The van der Waals surface area contributed by atoms with Crippen LogP contribution in [-0.2, 0) is 33.8 Å². The number of aliphatic hydroxyl groups is 4. The Bertz CT molecular complexity index is 1090. The number of aromatic nitrogens is 1. The fourth-order valence-corrected chi connectivity index (χ4v) is 4.26. The average molecular weight is 615 g/mol. The number of H-pyrrole nitrogens is 1. The molecule has 2 aromatic rings. The average Bonchev–Trinajstić information content (AvgIpc) is 3.32. The minimum Gasteiger partial charge on any atom is -0.465 e. The van der Waals surface area contributed by atoms with E-state index in [1.807, 2.05) is 33.2 Å². The summed E-state index contributed by atoms with van der Waals surface area (Å²) in [5.74, 6) is -0.361. The number of nitrogens with one attached hydrogen (secondary N) is 1. The number of aryl methyl sites for hydroxylation is 1. The molecule has 2 rings (SSSR count). The van der Waals surface area contributed by atoms with E-state index in [-0.39, 0.29) is 59.1 Å². The Balaban J connectivity index is -0.000000653. The Hall–Kier alpha value is -3.49. The number of benzene rings is 1. The monoisotopic (exact) mass is 614 g/mol. The Morgan fingerprint density at radius 2 is 1.40 bits per heavy atom. The highest BCUT2D eigenvalue weighted by Gasteiger charge is 2.28. The molecule has 43 heavy (non-hydrogen) atoms. The van der Waals surface area contributed by atoms with Gasteiger partial charge in [0.15, 0.2) is 0 Å². The summed E-state index contributed by atoms with van der Waals surface area (Å²) in [6, 6.07) is 8.79. The highest BCUT2D eigenvalue weighted by molar-refractivity contribution is 5.89. The molecule has 14 nitrogen and oxygen atoms in total. The lowest BCUT2D eigenvalue weighted by Crippen LogP contribution is -2.47. The fraction of sp³-hybridized carbons (Fsp3) is 0.517. The van der Waals surface area contributed by atoms with Crippen molar-refractivity contribution < 1.29 is 53.4 Å². The second-order valence-corrected chi connectivity index (χ2v) is 9.89. The summed E-state index contributed by atoms with van der Waals surface area (Å²) in [7, 11) is 5.19. The Morgan fingerprint density at radius 1 is 0.930 bits per heavy atom. The Kier molecular flexibility index (Phi) is 23.5. The van der Waals surface area contributed by atoms with Gasteiger partial charge in [-0.25, -0.2) is 4.79 Å². The van der Waals surface area contributed by atoms with Crippen molar-refractivity contribution in [2.75, 3.05) is 73.8 Å². The number of esters is 1. The largest absolute Gasteiger partial charge is 0.465 e. The third kappa shape index (κ3) is 16.1. The zero-order chi connectivity index (χ0) is 31.5. The van der Waals surface area contributed by atoms with Gasteiger partial charge < -0.3 is 54.0 Å². The molecule has 5 N–H and O–H groups in total. The van der Waals surface area contributed by atoms with Crippen LogP contribution in [0.2, 0.25) is 0 Å². The van der Waals surface area contributed by atoms with Crippen LogP contribution in [0.5, 0.6) is 0 Å². The second kappa shape index (κ2) is 23.0. The maximum Gasteiger partial charge on any atom is 0.373 e. The number of aromatic amines is 1. The smallest absolute Gasteiger partial charge is 0.373 e. The molecule has 0 radical (unpaired) electrons. The van der Waals surface area contributed by atoms with Gasteiger partial charge in [0, 0.05) is 17.3 Å². The topological polar surface area (TPSA) is 200 Å². The first-order chi connectivity index (χ1) is 19.4. The molecule has 1 aromatic heterocycles. The summed E-state index contributed by atoms with van der Waals surface area (Å²) in [5, 5.41) is 47.5. The fourth-order valence-electron chi connectivity index (χ4n) is 4.26. The predicted octanol–water partition coefficient (Wildman–Crippen LogP) is 1.14. The highest BCUT2D eigenvalue weighted by atomic mass is 16.6. The van der Waals surface area contributed by atoms with E-state index in [1.54, 1.807) is 18.2 Å². The van der Waals surface area contributed by atoms with Crippen molar-refractivity contribution >= 4 is 17.8 Å². The summed E-state index contributed by atoms with van der Waals surface area (Å²) in [6.07, 6.45) is 0.949. The van der Waals surface area contributed by atoms with E-state index >= 15 is 0 Å². The molecular formula is C29H50N4O10. The maximum atomic E-state index is 11.5. The molecule has 0 atom stereocenters. The number of ether oxygens (including phenoxy) is 1. The quantitative estimate of drug-likeness (QED) is 0.0637. The Morgan fingerprint density at radius 3 is 1.79 bits per heavy atom. The number of carbonyl (C=O) groups excluding carboxylic acids is 3. The van der Waals surface area contributed by atoms with Crippen molar-refractivity contribution in [2.24, 2.45) is 0 Å². The van der Waals surface area contributed by atoms with Gasteiger partial charge in [0.25, 0.3) is 5.69 Å². The van der Waals surface area contributed by atoms with Gasteiger partial charge in [0.05, 0.1) is 58.1 Å². The van der Waals surface area contributed by atoms with Gasteiger partial charge >= 0.3 is 12.1 Å². The van der Waals surface area contributed by atoms with Crippen LogP contribution in [0.3, 0.4) is 0 Å². The van der Waals surface area contributed by atoms with E-state index in [0.29, 0.717) is 65.9 Å². The SMILES string of the molecule is CCc1cc([N+](=O)[O-])c(C[N+](C)(CCO)CCO)[nH]1.COC(=O)c1cccc(C[N+](C)(CCO)CCO)c1.O=C=O.[CH3-].[CH3-]. The minimum atomic E-state index is -0.396. The highest BCUT2D eigenvalue weighted by Crippen LogP contribution is 2.24. The molecule has 0 saturated heterocycles. The lowest BCUT2D eigenvalue weighted by molar-refractivity contribution is -0.923. The molecular weight excluding hydrogens is 564 g/mol. The van der Waals surface area contributed by atoms with Crippen LogP contribution in [-0.4, -0.2) is 125 Å². The summed E-state index contributed by atoms with van der Waals surface area (Å²) in [5.41, 5.74) is 2.94. The molecule has 1 aromatic carbocycles. The van der Waals surface area contributed by atoms with Crippen LogP contribution < -0.4 is 0 Å². The number of nitrogens with zero attached hydrogens (tertiary/aromatic N) is 3. The number of carbonyl (C=O) groups is 1. The number of hydrogen-bond donors (Lipinski definition) is 5. The molecule has 0 aliphatic carbocycles. The zero-order valence-electron chi connectivity index (χ0n) is 26.2. The third-order valence-corrected chi connectivity index (χ3v) is 6.52. The number of methoxy groups -OCH3 is 1. The molecule has 0 spiro atoms. The van der Waals surface area contributed by atoms with Crippen LogP contribution in [0.15, 0.2) is 30.3 Å². The van der Waals surface area contributed by atoms with Crippen LogP contribution >= 0.6 is 0 Å². The van der Waals surface area contributed by atoms with Gasteiger partial charge in [-0.15, -0.1) is 0 Å². The van der Waals surface area contributed by atoms with Crippen LogP contribution in [0, 0.1) is 25.0 Å². The Labute approximate surface area is 254 Å². The lowest BCUT2D eigenvalue weighted by Gasteiger charge is -2.33. The van der Waals surface area contributed by atoms with E-state index in [9.17, 15) is 14.9 Å². The third-order valence-electron chi connectivity index (χ3n) is 6.52. The van der Waals surface area contributed by atoms with Gasteiger partial charge in [-0.05, 0) is 18.6 Å². The molecule has 0 unspecified atom stereocenters. The molecule has 0 bridgehead atoms. The molecule has 0 saturated carbocycles. The maximum absolute atomic E-state index is 11.5. The summed E-state index contributed by atoms with van der Waals surface area (Å²) < 4.78 is 5.58. The van der Waals surface area contributed by atoms with E-state index < -0.39 is 4.92 Å². The number of aliphatic hydroxyl groups excluding tert-OH is 4. The number of likely N-dealkylation sites (N-methyl/N-ethyl adjacent to an activating group) is 2. The molecule has 0 aliphatic heterocycles. The van der Waals surface area contributed by atoms with Crippen molar-refractivity contribution in [1.82, 2.24) is 4.98 Å². The molecule has 1 heterocycles. The van der Waals surface area contributed by atoms with E-state index in [0.717, 1.165) is 11.3 Å². The van der Waals surface area contributed by atoms with Crippen LogP contribution in [0.25, 0.3) is 0 Å². The second-order valence-electron chi connectivity index (χ2n) is 9.89. The first-order valence-corrected chi connectivity index (χ1v) is 13.0. The van der Waals surface area contributed by atoms with E-state index in [4.69, 9.17) is 34.8 Å². The normalized spacial score (nSPS) is 10.4. The van der Waals surface area contributed by atoms with Crippen molar-refractivity contribution in [3.05, 3.63) is 77.8 Å². The molecule has 0 fully saturated rings. The van der Waals surface area contributed by atoms with Crippen LogP contribution in [0.1, 0.15) is 34.2 Å². The molecule has 246 valence electrons. The number of nitro groups is 1. The summed E-state index contributed by atoms with van der Waals surface area (Å²) in [4.78, 5) is 41.4. The van der Waals surface area contributed by atoms with Gasteiger partial charge in [0.2, 0.25) is 0 Å². The molecule has 0 amide bonds. The minimum absolute atomic E-state index is 0. The van der Waals surface area contributed by atoms with Crippen molar-refractivity contribution in [1.29, 1.82) is 0 Å². The lowest BCUT2D eigenvalue weighted by atomic mass is 10.1. The van der Waals surface area contributed by atoms with E-state index in [1.165, 1.54) is 7.11 Å². The van der Waals surface area contributed by atoms with Gasteiger partial charge in [0.1, 0.15) is 45.0 Å². The van der Waals surface area contributed by atoms with Crippen LogP contribution in [0.4, 0.5) is 5.69 Å². The first kappa shape index (κ1) is 44.0. The first-order valence-electron chi connectivity index (χ1n) is 13.0. The molecule has 0 aliphatic rings. The van der Waals surface area contributed by atoms with Gasteiger partial charge in [-0.3, -0.25) is 10.1 Å². The summed E-state index contributed by atoms with van der Waals surface area (Å²) in [6.45, 7) is 5.04. The molecule has 14 heteroatoms. The van der Waals surface area contributed by atoms with Crippen molar-refractivity contribution in [2.45, 2.75) is 26.4 Å². The zero-order valence-corrected chi connectivity index (χ0v) is 26.2. The summed E-state index contributed by atoms with van der Waals surface area (Å²) >= 11 is 0.